The molecule has 2 aliphatic heterocycles. The van der Waals surface area contributed by atoms with E-state index in [0.29, 0.717) is 47.6 Å². The number of hydrogen-bond donors (Lipinski definition) is 1. The molecule has 0 saturated heterocycles. The number of sulfonamides is 1. The Balaban J connectivity index is 1.42. The van der Waals surface area contributed by atoms with Crippen molar-refractivity contribution in [1.82, 2.24) is 4.72 Å². The standard InChI is InChI=1S/C31H37ClN2O5S/c1-38-29-17-25-22(15-26(29)32)8-6-13-31(25)19-34-18-24-10-9-21(24)7-4-2-3-5-14-40(36,37)33-30(35)23-11-12-28(39-20-31)27(34)16-23/h2,4,11-12,15-17,21,24H,3,5-10,13-14,18-20H2,1H3,(H,33,35)/b4-2+/t21-,24-,31-/m0/s1. The van der Waals surface area contributed by atoms with Crippen LogP contribution in [-0.2, 0) is 21.9 Å². The summed E-state index contributed by atoms with van der Waals surface area (Å²) in [5.41, 5.74) is 3.36. The van der Waals surface area contributed by atoms with Gasteiger partial charge in [0.05, 0.1) is 30.2 Å². The van der Waals surface area contributed by atoms with E-state index in [0.717, 1.165) is 50.2 Å². The number of benzene rings is 2. The Morgan fingerprint density at radius 1 is 1.12 bits per heavy atom. The van der Waals surface area contributed by atoms with Gasteiger partial charge in [0, 0.05) is 24.1 Å². The molecule has 214 valence electrons. The van der Waals surface area contributed by atoms with Crippen LogP contribution in [0.4, 0.5) is 5.69 Å². The molecule has 4 aliphatic rings. The predicted molar refractivity (Wildman–Crippen MR) is 157 cm³/mol. The molecule has 6 rings (SSSR count). The molecule has 2 aliphatic carbocycles. The number of fused-ring (bicyclic) bond motifs is 4. The van der Waals surface area contributed by atoms with Crippen LogP contribution < -0.4 is 19.1 Å². The molecule has 1 fully saturated rings. The van der Waals surface area contributed by atoms with Crippen molar-refractivity contribution >= 4 is 33.2 Å². The van der Waals surface area contributed by atoms with E-state index < -0.39 is 15.9 Å². The Bertz CT molecular complexity index is 1440. The summed E-state index contributed by atoms with van der Waals surface area (Å²) in [6.07, 6.45) is 11.8. The van der Waals surface area contributed by atoms with Crippen LogP contribution in [0.5, 0.6) is 11.5 Å². The van der Waals surface area contributed by atoms with Gasteiger partial charge in [-0.1, -0.05) is 23.8 Å². The number of amides is 1. The van der Waals surface area contributed by atoms with Crippen molar-refractivity contribution in [1.29, 1.82) is 0 Å². The van der Waals surface area contributed by atoms with Crippen molar-refractivity contribution in [2.24, 2.45) is 11.8 Å². The third-order valence-electron chi connectivity index (χ3n) is 9.28. The van der Waals surface area contributed by atoms with E-state index in [9.17, 15) is 13.2 Å². The minimum atomic E-state index is -3.72. The van der Waals surface area contributed by atoms with E-state index in [1.165, 1.54) is 24.0 Å². The van der Waals surface area contributed by atoms with Gasteiger partial charge in [-0.15, -0.1) is 0 Å². The fourth-order valence-corrected chi connectivity index (χ4v) is 8.24. The number of nitrogens with one attached hydrogen (secondary N) is 1. The monoisotopic (exact) mass is 584 g/mol. The zero-order valence-corrected chi connectivity index (χ0v) is 24.5. The van der Waals surface area contributed by atoms with Crippen LogP contribution in [0.25, 0.3) is 0 Å². The summed E-state index contributed by atoms with van der Waals surface area (Å²) in [5.74, 6) is 1.85. The van der Waals surface area contributed by atoms with Crippen molar-refractivity contribution < 1.29 is 22.7 Å². The Kier molecular flexibility index (Phi) is 7.51. The highest BCUT2D eigenvalue weighted by atomic mass is 35.5. The van der Waals surface area contributed by atoms with E-state index in [1.54, 1.807) is 13.2 Å². The molecule has 9 heteroatoms. The van der Waals surface area contributed by atoms with Gasteiger partial charge in [0.15, 0.2) is 0 Å². The van der Waals surface area contributed by atoms with Gasteiger partial charge in [-0.2, -0.15) is 0 Å². The molecule has 0 radical (unpaired) electrons. The Morgan fingerprint density at radius 3 is 2.77 bits per heavy atom. The average molecular weight is 585 g/mol. The Hall–Kier alpha value is -2.71. The van der Waals surface area contributed by atoms with Crippen LogP contribution in [-0.4, -0.2) is 46.9 Å². The molecule has 2 aromatic rings. The minimum absolute atomic E-state index is 0.0787. The average Bonchev–Trinajstić information content (AvgIpc) is 3.06. The number of halogens is 1. The minimum Gasteiger partial charge on any atom is -0.495 e. The van der Waals surface area contributed by atoms with Crippen LogP contribution in [0.3, 0.4) is 0 Å². The maximum absolute atomic E-state index is 13.1. The molecule has 7 nitrogen and oxygen atoms in total. The number of allylic oxidation sites excluding steroid dienone is 2. The number of anilines is 1. The van der Waals surface area contributed by atoms with Gasteiger partial charge in [0.1, 0.15) is 11.5 Å². The van der Waals surface area contributed by atoms with Crippen molar-refractivity contribution in [2.45, 2.75) is 56.8 Å². The van der Waals surface area contributed by atoms with Gasteiger partial charge in [-0.25, -0.2) is 13.1 Å². The van der Waals surface area contributed by atoms with Gasteiger partial charge >= 0.3 is 0 Å². The van der Waals surface area contributed by atoms with Gasteiger partial charge in [0.2, 0.25) is 10.0 Å². The second-order valence-electron chi connectivity index (χ2n) is 11.8. The van der Waals surface area contributed by atoms with E-state index in [2.05, 4.69) is 27.8 Å². The first-order valence-corrected chi connectivity index (χ1v) is 16.4. The first-order valence-electron chi connectivity index (χ1n) is 14.4. The largest absolute Gasteiger partial charge is 0.495 e. The van der Waals surface area contributed by atoms with Crippen molar-refractivity contribution in [3.05, 3.63) is 64.2 Å². The smallest absolute Gasteiger partial charge is 0.264 e. The van der Waals surface area contributed by atoms with Gasteiger partial charge in [0.25, 0.3) is 5.91 Å². The molecule has 2 heterocycles. The fraction of sp³-hybridized carbons (Fsp3) is 0.516. The lowest BCUT2D eigenvalue weighted by Crippen LogP contribution is -2.48. The first-order chi connectivity index (χ1) is 19.3. The number of nitrogens with zero attached hydrogens (tertiary/aromatic N) is 1. The summed E-state index contributed by atoms with van der Waals surface area (Å²) in [6, 6.07) is 9.42. The number of rotatable bonds is 1. The zero-order valence-electron chi connectivity index (χ0n) is 23.0. The third kappa shape index (κ3) is 5.32. The van der Waals surface area contributed by atoms with E-state index in [4.69, 9.17) is 21.1 Å². The van der Waals surface area contributed by atoms with Crippen molar-refractivity contribution in [3.8, 4) is 11.5 Å². The lowest BCUT2D eigenvalue weighted by Gasteiger charge is -2.44. The summed E-state index contributed by atoms with van der Waals surface area (Å²) in [4.78, 5) is 15.5. The number of carbonyl (C=O) groups excluding carboxylic acids is 1. The summed E-state index contributed by atoms with van der Waals surface area (Å²) >= 11 is 6.53. The van der Waals surface area contributed by atoms with Crippen LogP contribution in [0.1, 0.15) is 66.4 Å². The molecule has 1 spiro atoms. The number of hydrogen-bond acceptors (Lipinski definition) is 6. The highest BCUT2D eigenvalue weighted by Crippen LogP contribution is 2.47. The lowest BCUT2D eigenvalue weighted by molar-refractivity contribution is 0.0981. The predicted octanol–water partition coefficient (Wildman–Crippen LogP) is 5.65. The first kappa shape index (κ1) is 27.5. The highest BCUT2D eigenvalue weighted by molar-refractivity contribution is 7.90. The molecule has 1 saturated carbocycles. The maximum atomic E-state index is 13.1. The summed E-state index contributed by atoms with van der Waals surface area (Å²) in [5, 5.41) is 0.622. The third-order valence-corrected chi connectivity index (χ3v) is 10.9. The number of methoxy groups -OCH3 is 1. The molecular weight excluding hydrogens is 548 g/mol. The molecule has 3 atom stereocenters. The maximum Gasteiger partial charge on any atom is 0.264 e. The quantitative estimate of drug-likeness (QED) is 0.436. The number of carbonyl (C=O) groups is 1. The van der Waals surface area contributed by atoms with Crippen molar-refractivity contribution in [2.75, 3.05) is 37.5 Å². The second-order valence-corrected chi connectivity index (χ2v) is 14.1. The Morgan fingerprint density at radius 2 is 1.98 bits per heavy atom. The zero-order chi connectivity index (χ0) is 27.9. The van der Waals surface area contributed by atoms with Gasteiger partial charge in [-0.05, 0) is 105 Å². The normalized spacial score (nSPS) is 28.6. The number of aryl methyl sites for hydroxylation is 1. The topological polar surface area (TPSA) is 84.9 Å². The summed E-state index contributed by atoms with van der Waals surface area (Å²) < 4.78 is 39.7. The van der Waals surface area contributed by atoms with E-state index in [1.807, 2.05) is 18.2 Å². The van der Waals surface area contributed by atoms with Crippen LogP contribution in [0.15, 0.2) is 42.5 Å². The summed E-state index contributed by atoms with van der Waals surface area (Å²) in [7, 11) is -2.08. The number of ether oxygens (including phenoxy) is 2. The van der Waals surface area contributed by atoms with Crippen LogP contribution in [0, 0.1) is 11.8 Å². The van der Waals surface area contributed by atoms with Crippen LogP contribution >= 0.6 is 11.6 Å². The lowest BCUT2D eigenvalue weighted by atomic mass is 9.69. The molecule has 1 N–H and O–H groups in total. The molecule has 40 heavy (non-hydrogen) atoms. The molecule has 0 aromatic heterocycles. The molecule has 1 amide bonds. The SMILES string of the molecule is COc1cc2c(cc1Cl)CCC[C@]21COc2ccc3cc2N(C[C@@H]2CC[C@@H]2C/C=C/CCCS(=O)(=O)NC3=O)C1. The van der Waals surface area contributed by atoms with Gasteiger partial charge < -0.3 is 14.4 Å². The Labute approximate surface area is 241 Å². The van der Waals surface area contributed by atoms with Crippen LogP contribution in [0.2, 0.25) is 5.02 Å². The van der Waals surface area contributed by atoms with E-state index in [-0.39, 0.29) is 11.2 Å². The fourth-order valence-electron chi connectivity index (χ4n) is 6.92. The molecular formula is C31H37ClN2O5S. The van der Waals surface area contributed by atoms with Crippen molar-refractivity contribution in [3.63, 3.8) is 0 Å². The van der Waals surface area contributed by atoms with E-state index >= 15 is 0 Å². The molecule has 2 aromatic carbocycles. The molecule has 2 bridgehead atoms. The van der Waals surface area contributed by atoms with Gasteiger partial charge in [-0.3, -0.25) is 4.79 Å². The highest BCUT2D eigenvalue weighted by Gasteiger charge is 2.43. The molecule has 0 unspecified atom stereocenters. The second kappa shape index (κ2) is 10.9. The summed E-state index contributed by atoms with van der Waals surface area (Å²) in [6.45, 7) is 2.10.